The number of aromatic nitrogens is 1. The van der Waals surface area contributed by atoms with Crippen molar-refractivity contribution in [2.75, 3.05) is 14.1 Å². The van der Waals surface area contributed by atoms with E-state index in [1.165, 1.54) is 17.1 Å². The molecule has 1 aromatic carbocycles. The molecule has 1 aromatic heterocycles. The molecule has 0 fully saturated rings. The number of hydrogen-bond acceptors (Lipinski definition) is 4. The van der Waals surface area contributed by atoms with Crippen LogP contribution < -0.4 is 0 Å². The highest BCUT2D eigenvalue weighted by atomic mass is 16.4. The van der Waals surface area contributed by atoms with Crippen LogP contribution in [0, 0.1) is 0 Å². The molecule has 7 heteroatoms. The van der Waals surface area contributed by atoms with Crippen LogP contribution in [0.4, 0.5) is 0 Å². The first-order valence-electron chi connectivity index (χ1n) is 7.43. The van der Waals surface area contributed by atoms with Gasteiger partial charge in [0.25, 0.3) is 0 Å². The average Bonchev–Trinajstić information content (AvgIpc) is 2.90. The van der Waals surface area contributed by atoms with Crippen molar-refractivity contribution in [3.63, 3.8) is 0 Å². The Labute approximate surface area is 144 Å². The fourth-order valence-corrected chi connectivity index (χ4v) is 2.24. The molecular weight excluding hydrogens is 324 g/mol. The molecule has 0 radical (unpaired) electrons. The van der Waals surface area contributed by atoms with Crippen molar-refractivity contribution in [1.82, 2.24) is 9.47 Å². The number of benzene rings is 1. The van der Waals surface area contributed by atoms with Crippen molar-refractivity contribution in [2.45, 2.75) is 6.54 Å². The van der Waals surface area contributed by atoms with Crippen LogP contribution in [0.5, 0.6) is 0 Å². The van der Waals surface area contributed by atoms with Crippen LogP contribution in [0.15, 0.2) is 48.4 Å². The standard InChI is InChI=1S/C18H18N2O5/c1-19(2)17(23)11-20-10-12(14-5-3-4-6-15(14)20)7-8-13(21)9-16(22)18(24)25/h3-10,22H,11H2,1-2H3,(H,24,25)/b8-7+,16-9-. The highest BCUT2D eigenvalue weighted by molar-refractivity contribution is 6.06. The maximum Gasteiger partial charge on any atom is 0.371 e. The predicted molar refractivity (Wildman–Crippen MR) is 93.0 cm³/mol. The van der Waals surface area contributed by atoms with Gasteiger partial charge in [-0.15, -0.1) is 0 Å². The molecule has 2 N–H and O–H groups in total. The molecule has 0 bridgehead atoms. The topological polar surface area (TPSA) is 99.8 Å². The van der Waals surface area contributed by atoms with Crippen molar-refractivity contribution < 1.29 is 24.6 Å². The summed E-state index contributed by atoms with van der Waals surface area (Å²) in [6, 6.07) is 7.43. The summed E-state index contributed by atoms with van der Waals surface area (Å²) in [6.45, 7) is 0.162. The average molecular weight is 342 g/mol. The van der Waals surface area contributed by atoms with Crippen LogP contribution in [0.3, 0.4) is 0 Å². The Kier molecular flexibility index (Phi) is 5.38. The highest BCUT2D eigenvalue weighted by Gasteiger charge is 2.11. The first kappa shape index (κ1) is 18.0. The second-order valence-electron chi connectivity index (χ2n) is 5.59. The van der Waals surface area contributed by atoms with Gasteiger partial charge in [-0.05, 0) is 18.2 Å². The van der Waals surface area contributed by atoms with E-state index in [-0.39, 0.29) is 12.5 Å². The maximum absolute atomic E-state index is 12.0. The first-order valence-corrected chi connectivity index (χ1v) is 7.43. The van der Waals surface area contributed by atoms with Gasteiger partial charge in [-0.25, -0.2) is 4.79 Å². The predicted octanol–water partition coefficient (Wildman–Crippen LogP) is 1.84. The van der Waals surface area contributed by atoms with Crippen molar-refractivity contribution in [3.05, 3.63) is 53.9 Å². The number of para-hydroxylation sites is 1. The molecule has 7 nitrogen and oxygen atoms in total. The summed E-state index contributed by atoms with van der Waals surface area (Å²) in [7, 11) is 3.35. The van der Waals surface area contributed by atoms with E-state index in [4.69, 9.17) is 10.2 Å². The molecule has 25 heavy (non-hydrogen) atoms. The van der Waals surface area contributed by atoms with E-state index in [1.54, 1.807) is 24.9 Å². The Morgan fingerprint density at radius 1 is 1.16 bits per heavy atom. The Bertz CT molecular complexity index is 890. The van der Waals surface area contributed by atoms with Crippen molar-refractivity contribution in [1.29, 1.82) is 0 Å². The van der Waals surface area contributed by atoms with E-state index >= 15 is 0 Å². The molecule has 0 aliphatic rings. The van der Waals surface area contributed by atoms with E-state index in [1.807, 2.05) is 24.3 Å². The number of allylic oxidation sites excluding steroid dienone is 2. The van der Waals surface area contributed by atoms with E-state index in [9.17, 15) is 14.4 Å². The van der Waals surface area contributed by atoms with Crippen molar-refractivity contribution in [3.8, 4) is 0 Å². The van der Waals surface area contributed by atoms with E-state index in [2.05, 4.69) is 0 Å². The van der Waals surface area contributed by atoms with Gasteiger partial charge in [0.15, 0.2) is 5.78 Å². The second-order valence-corrected chi connectivity index (χ2v) is 5.59. The minimum Gasteiger partial charge on any atom is -0.502 e. The number of carbonyl (C=O) groups excluding carboxylic acids is 2. The molecule has 0 saturated carbocycles. The number of rotatable bonds is 6. The normalized spacial score (nSPS) is 11.8. The SMILES string of the molecule is CN(C)C(=O)Cn1cc(/C=C/C(=O)/C=C(\O)C(=O)O)c2ccccc21. The number of aliphatic hydroxyl groups is 1. The van der Waals surface area contributed by atoms with E-state index in [0.717, 1.165) is 10.9 Å². The molecule has 1 heterocycles. The molecule has 0 atom stereocenters. The molecule has 0 saturated heterocycles. The monoisotopic (exact) mass is 342 g/mol. The molecule has 0 aliphatic carbocycles. The van der Waals surface area contributed by atoms with Gasteiger partial charge in [0.05, 0.1) is 0 Å². The van der Waals surface area contributed by atoms with Gasteiger partial charge >= 0.3 is 5.97 Å². The van der Waals surface area contributed by atoms with Gasteiger partial charge in [0.1, 0.15) is 6.54 Å². The summed E-state index contributed by atoms with van der Waals surface area (Å²) < 4.78 is 1.78. The third-order valence-corrected chi connectivity index (χ3v) is 3.55. The van der Waals surface area contributed by atoms with Crippen LogP contribution >= 0.6 is 0 Å². The third-order valence-electron chi connectivity index (χ3n) is 3.55. The third kappa shape index (κ3) is 4.35. The van der Waals surface area contributed by atoms with Gasteiger partial charge in [-0.2, -0.15) is 0 Å². The summed E-state index contributed by atoms with van der Waals surface area (Å²) in [4.78, 5) is 35.6. The summed E-state index contributed by atoms with van der Waals surface area (Å²) in [6.07, 6.45) is 5.07. The Morgan fingerprint density at radius 2 is 1.84 bits per heavy atom. The Balaban J connectivity index is 2.34. The van der Waals surface area contributed by atoms with Crippen LogP contribution in [0.1, 0.15) is 5.56 Å². The first-order chi connectivity index (χ1) is 11.8. The zero-order valence-electron chi connectivity index (χ0n) is 13.8. The van der Waals surface area contributed by atoms with Gasteiger partial charge in [-0.3, -0.25) is 9.59 Å². The van der Waals surface area contributed by atoms with Crippen molar-refractivity contribution >= 4 is 34.6 Å². The van der Waals surface area contributed by atoms with Crippen molar-refractivity contribution in [2.24, 2.45) is 0 Å². The lowest BCUT2D eigenvalue weighted by molar-refractivity contribution is -0.135. The molecule has 2 aromatic rings. The number of amides is 1. The second kappa shape index (κ2) is 7.48. The molecule has 0 spiro atoms. The molecule has 0 unspecified atom stereocenters. The smallest absolute Gasteiger partial charge is 0.371 e. The molecule has 1 amide bonds. The number of ketones is 1. The number of hydrogen-bond donors (Lipinski definition) is 2. The van der Waals surface area contributed by atoms with Gasteiger partial charge < -0.3 is 19.7 Å². The van der Waals surface area contributed by atoms with Crippen LogP contribution in [-0.2, 0) is 20.9 Å². The molecular formula is C18H18N2O5. The number of aliphatic hydroxyl groups excluding tert-OH is 1. The zero-order chi connectivity index (χ0) is 18.6. The fourth-order valence-electron chi connectivity index (χ4n) is 2.24. The maximum atomic E-state index is 12.0. The summed E-state index contributed by atoms with van der Waals surface area (Å²) in [5.74, 6) is -3.31. The zero-order valence-corrected chi connectivity index (χ0v) is 13.8. The van der Waals surface area contributed by atoms with Gasteiger partial charge in [0.2, 0.25) is 11.7 Å². The quantitative estimate of drug-likeness (QED) is 0.616. The van der Waals surface area contributed by atoms with Crippen LogP contribution in [0.2, 0.25) is 0 Å². The molecule has 0 aliphatic heterocycles. The number of carboxylic acid groups (broad SMARTS) is 1. The Hall–Kier alpha value is -3.35. The largest absolute Gasteiger partial charge is 0.502 e. The molecule has 130 valence electrons. The summed E-state index contributed by atoms with van der Waals surface area (Å²) in [5.41, 5.74) is 1.55. The number of carboxylic acids is 1. The van der Waals surface area contributed by atoms with Crippen LogP contribution in [0.25, 0.3) is 17.0 Å². The lowest BCUT2D eigenvalue weighted by atomic mass is 10.1. The number of carbonyl (C=O) groups is 3. The minimum absolute atomic E-state index is 0.0679. The number of aliphatic carboxylic acids is 1. The number of fused-ring (bicyclic) bond motifs is 1. The summed E-state index contributed by atoms with van der Waals surface area (Å²) in [5, 5.41) is 18.5. The lowest BCUT2D eigenvalue weighted by Crippen LogP contribution is -2.25. The summed E-state index contributed by atoms with van der Waals surface area (Å²) >= 11 is 0. The van der Waals surface area contributed by atoms with E-state index < -0.39 is 17.5 Å². The van der Waals surface area contributed by atoms with Crippen LogP contribution in [-0.4, -0.2) is 51.4 Å². The Morgan fingerprint density at radius 3 is 2.48 bits per heavy atom. The minimum atomic E-state index is -1.57. The number of likely N-dealkylation sites (N-methyl/N-ethyl adjacent to an activating group) is 1. The fraction of sp³-hybridized carbons (Fsp3) is 0.167. The van der Waals surface area contributed by atoms with Gasteiger partial charge in [-0.1, -0.05) is 18.2 Å². The van der Waals surface area contributed by atoms with Gasteiger partial charge in [0, 0.05) is 42.8 Å². The molecule has 2 rings (SSSR count). The number of nitrogens with zero attached hydrogens (tertiary/aromatic N) is 2. The van der Waals surface area contributed by atoms with E-state index in [0.29, 0.717) is 11.6 Å². The highest BCUT2D eigenvalue weighted by Crippen LogP contribution is 2.22. The lowest BCUT2D eigenvalue weighted by Gasteiger charge is -2.11.